The van der Waals surface area contributed by atoms with Gasteiger partial charge in [0.25, 0.3) is 5.91 Å². The Bertz CT molecular complexity index is 1890. The van der Waals surface area contributed by atoms with Gasteiger partial charge in [-0.05, 0) is 26.0 Å². The molecule has 0 atom stereocenters. The summed E-state index contributed by atoms with van der Waals surface area (Å²) in [5.41, 5.74) is -2.13. The molecule has 0 saturated carbocycles. The fourth-order valence-corrected chi connectivity index (χ4v) is 3.42. The van der Waals surface area contributed by atoms with Gasteiger partial charge in [0, 0.05) is 17.8 Å². The van der Waals surface area contributed by atoms with E-state index in [1.165, 1.54) is 13.8 Å². The maximum atomic E-state index is 15.1. The van der Waals surface area contributed by atoms with Crippen molar-refractivity contribution in [2.24, 2.45) is 0 Å². The third-order valence-electron chi connectivity index (χ3n) is 4.92. The topological polar surface area (TPSA) is 187 Å². The number of phosphoric ester groups is 1. The molecule has 1 aromatic carbocycles. The number of carbonyl (C=O) groups is 1. The molecule has 0 radical (unpaired) electrons. The van der Waals surface area contributed by atoms with Crippen LogP contribution in [0.2, 0.25) is 0 Å². The normalized spacial score (nSPS) is 19.9. The highest BCUT2D eigenvalue weighted by Crippen LogP contribution is 2.42. The average molecular weight is 593 g/mol. The number of hydrogen-bond donors (Lipinski definition) is 4. The molecule has 0 saturated heterocycles. The molecule has 0 bridgehead atoms. The third-order valence-corrected chi connectivity index (χ3v) is 5.24. The van der Waals surface area contributed by atoms with Gasteiger partial charge in [-0.2, -0.15) is 4.98 Å². The number of amides is 1. The van der Waals surface area contributed by atoms with E-state index < -0.39 is 99.8 Å². The molecule has 0 aliphatic carbocycles. The molecule has 17 heteroatoms. The highest BCUT2D eigenvalue weighted by Gasteiger charge is 2.42. The number of rotatable bonds is 10. The zero-order valence-corrected chi connectivity index (χ0v) is 21.1. The van der Waals surface area contributed by atoms with Crippen molar-refractivity contribution in [1.29, 1.82) is 0 Å². The summed E-state index contributed by atoms with van der Waals surface area (Å²) in [7, 11) is -15.2. The Kier molecular flexibility index (Phi) is 4.65. The second kappa shape index (κ2) is 11.1. The van der Waals surface area contributed by atoms with Gasteiger partial charge < -0.3 is 39.4 Å². The predicted octanol–water partition coefficient (Wildman–Crippen LogP) is 3.09. The van der Waals surface area contributed by atoms with E-state index in [1.807, 2.05) is 0 Å². The number of carbonyl (C=O) groups excluding carboxylic acids is 1. The van der Waals surface area contributed by atoms with E-state index >= 15 is 4.39 Å². The van der Waals surface area contributed by atoms with Crippen LogP contribution in [0.3, 0.4) is 0 Å². The van der Waals surface area contributed by atoms with E-state index in [0.29, 0.717) is 0 Å². The zero-order chi connectivity index (χ0) is 39.4. The van der Waals surface area contributed by atoms with Crippen molar-refractivity contribution < 1.29 is 63.5 Å². The maximum Gasteiger partial charge on any atom is 0.471 e. The molecule has 15 nitrogen and oxygen atoms in total. The Morgan fingerprint density at radius 3 is 2.52 bits per heavy atom. The number of benzene rings is 1. The number of pyridine rings is 1. The Morgan fingerprint density at radius 2 is 1.88 bits per heavy atom. The number of nitrogens with zero attached hydrogens (tertiary/aromatic N) is 4. The summed E-state index contributed by atoms with van der Waals surface area (Å²) in [6.45, 7) is -1.04. The fourth-order valence-electron chi connectivity index (χ4n) is 3.23. The SMILES string of the molecule is [2H]c1nc(Nc2cc(OC([2H])([2H])[2H])c(OC([2H])([2H])[2H])c(OC([2H])([2H])[2H])c2)nc(Nc2ccc3c(n2)N(C([2H])([2H])OP(=O)(O)O)C(=O)C(C)(C)O3)c1F. The average Bonchev–Trinajstić information content (AvgIpc) is 2.90. The molecule has 4 N–H and O–H groups in total. The van der Waals surface area contributed by atoms with Crippen molar-refractivity contribution in [3.63, 3.8) is 0 Å². The molecule has 40 heavy (non-hydrogen) atoms. The summed E-state index contributed by atoms with van der Waals surface area (Å²) >= 11 is 0. The van der Waals surface area contributed by atoms with Crippen molar-refractivity contribution in [2.45, 2.75) is 19.4 Å². The minimum absolute atomic E-state index is 0.173. The van der Waals surface area contributed by atoms with E-state index in [4.69, 9.17) is 35.4 Å². The Balaban J connectivity index is 1.77. The van der Waals surface area contributed by atoms with Crippen LogP contribution in [0.15, 0.2) is 30.4 Å². The van der Waals surface area contributed by atoms with Crippen LogP contribution in [0.1, 0.15) is 30.3 Å². The van der Waals surface area contributed by atoms with Crippen LogP contribution in [0.25, 0.3) is 0 Å². The summed E-state index contributed by atoms with van der Waals surface area (Å²) < 4.78 is 142. The van der Waals surface area contributed by atoms with Crippen LogP contribution in [0.4, 0.5) is 33.5 Å². The van der Waals surface area contributed by atoms with Crippen LogP contribution in [0.5, 0.6) is 23.0 Å². The molecule has 0 spiro atoms. The van der Waals surface area contributed by atoms with Gasteiger partial charge in [-0.1, -0.05) is 0 Å². The first-order chi connectivity index (χ1) is 23.4. The van der Waals surface area contributed by atoms with Gasteiger partial charge in [-0.3, -0.25) is 14.2 Å². The minimum Gasteiger partial charge on any atom is -0.493 e. The number of nitrogens with one attached hydrogen (secondary N) is 2. The number of ether oxygens (including phenoxy) is 4. The van der Waals surface area contributed by atoms with Crippen molar-refractivity contribution in [3.05, 3.63) is 36.3 Å². The van der Waals surface area contributed by atoms with Gasteiger partial charge in [0.15, 0.2) is 40.3 Å². The second-order valence-electron chi connectivity index (χ2n) is 8.12. The summed E-state index contributed by atoms with van der Waals surface area (Å²) in [5.74, 6) is -7.97. The standard InChI is InChI=1S/C23H26FN6O9P/c1-23(2)21(31)30(11-38-40(32,33)34)20-14(39-23)6-7-17(28-20)27-19-13(24)10-25-22(29-19)26-12-8-15(35-3)18(37-5)16(9-12)36-4/h6-10H,11H2,1-5H3,(H2,32,33,34)(H2,25,26,27,28,29)/i3D3,4D3,5D3,10D,11D2. The lowest BCUT2D eigenvalue weighted by Gasteiger charge is -2.37. The molecule has 3 aromatic rings. The first kappa shape index (κ1) is 16.8. The maximum absolute atomic E-state index is 15.1. The first-order valence-corrected chi connectivity index (χ1v) is 12.1. The van der Waals surface area contributed by atoms with Crippen LogP contribution < -0.4 is 34.5 Å². The van der Waals surface area contributed by atoms with Crippen LogP contribution in [-0.4, -0.2) is 64.0 Å². The van der Waals surface area contributed by atoms with E-state index in [1.54, 1.807) is 0 Å². The molecule has 2 aromatic heterocycles. The number of hydrogen-bond acceptors (Lipinski definition) is 12. The molecular formula is C23H26FN6O9P. The molecule has 1 aliphatic rings. The molecule has 1 amide bonds. The van der Waals surface area contributed by atoms with Gasteiger partial charge >= 0.3 is 7.82 Å². The van der Waals surface area contributed by atoms with Crippen LogP contribution in [0, 0.1) is 5.82 Å². The summed E-state index contributed by atoms with van der Waals surface area (Å²) in [6, 6.07) is 3.94. The number of aromatic nitrogens is 3. The number of halogens is 1. The Hall–Kier alpha value is -4.24. The van der Waals surface area contributed by atoms with Gasteiger partial charge in [0.1, 0.15) is 12.5 Å². The van der Waals surface area contributed by atoms with Gasteiger partial charge in [-0.15, -0.1) is 0 Å². The summed E-state index contributed by atoms with van der Waals surface area (Å²) in [5, 5.41) is 4.82. The smallest absolute Gasteiger partial charge is 0.471 e. The van der Waals surface area contributed by atoms with Crippen molar-refractivity contribution in [1.82, 2.24) is 15.0 Å². The Morgan fingerprint density at radius 1 is 1.18 bits per heavy atom. The van der Waals surface area contributed by atoms with Crippen molar-refractivity contribution in [3.8, 4) is 23.0 Å². The lowest BCUT2D eigenvalue weighted by atomic mass is 10.1. The number of anilines is 5. The van der Waals surface area contributed by atoms with E-state index in [9.17, 15) is 19.1 Å². The molecule has 3 heterocycles. The van der Waals surface area contributed by atoms with E-state index in [2.05, 4.69) is 30.1 Å². The van der Waals surface area contributed by atoms with Crippen LogP contribution >= 0.6 is 7.82 Å². The number of phosphoric acid groups is 1. The van der Waals surface area contributed by atoms with E-state index in [0.717, 1.165) is 24.3 Å². The van der Waals surface area contributed by atoms with Crippen molar-refractivity contribution in [2.75, 3.05) is 43.3 Å². The molecule has 0 unspecified atom stereocenters. The largest absolute Gasteiger partial charge is 0.493 e. The van der Waals surface area contributed by atoms with Gasteiger partial charge in [0.05, 0.1) is 43.7 Å². The lowest BCUT2D eigenvalue weighted by molar-refractivity contribution is -0.133. The Labute approximate surface area is 244 Å². The van der Waals surface area contributed by atoms with Crippen molar-refractivity contribution >= 4 is 42.8 Å². The third kappa shape index (κ3) is 6.15. The highest BCUT2D eigenvalue weighted by atomic mass is 31.2. The number of fused-ring (bicyclic) bond motifs is 1. The molecule has 0 fully saturated rings. The fraction of sp³-hybridized carbons (Fsp3) is 0.304. The zero-order valence-electron chi connectivity index (χ0n) is 32.2. The lowest BCUT2D eigenvalue weighted by Crippen LogP contribution is -2.53. The molecule has 214 valence electrons. The first-order valence-electron chi connectivity index (χ1n) is 16.6. The predicted molar refractivity (Wildman–Crippen MR) is 139 cm³/mol. The molecule has 4 rings (SSSR count). The summed E-state index contributed by atoms with van der Waals surface area (Å²) in [4.78, 5) is 43.3. The quantitative estimate of drug-likeness (QED) is 0.252. The monoisotopic (exact) mass is 592 g/mol. The molecule has 1 aliphatic heterocycles. The summed E-state index contributed by atoms with van der Waals surface area (Å²) in [6.07, 6.45) is -1.06. The second-order valence-corrected chi connectivity index (χ2v) is 9.29. The van der Waals surface area contributed by atoms with E-state index in [-0.39, 0.29) is 16.3 Å². The minimum atomic E-state index is -5.54. The van der Waals surface area contributed by atoms with Gasteiger partial charge in [0.2, 0.25) is 11.7 Å². The van der Waals surface area contributed by atoms with Gasteiger partial charge in [-0.25, -0.2) is 18.9 Å². The number of methoxy groups -OCH3 is 3. The highest BCUT2D eigenvalue weighted by molar-refractivity contribution is 7.46. The molecular weight excluding hydrogens is 554 g/mol. The van der Waals surface area contributed by atoms with Crippen LogP contribution in [-0.2, 0) is 13.9 Å².